The molecule has 16 rings (SSSR count). The van der Waals surface area contributed by atoms with Crippen LogP contribution in [0.25, 0.3) is 121 Å². The number of hydrogen-bond donors (Lipinski definition) is 0. The Labute approximate surface area is 419 Å². The van der Waals surface area contributed by atoms with Crippen molar-refractivity contribution >= 4 is 53.9 Å². The molecular formula is C72H46. The van der Waals surface area contributed by atoms with E-state index < -0.39 is 5.41 Å². The second-order valence-corrected chi connectivity index (χ2v) is 20.9. The fourth-order valence-corrected chi connectivity index (χ4v) is 14.4. The van der Waals surface area contributed by atoms with Crippen LogP contribution >= 0.6 is 0 Å². The van der Waals surface area contributed by atoms with Crippen molar-refractivity contribution in [2.45, 2.75) is 24.7 Å². The monoisotopic (exact) mass is 910 g/mol. The van der Waals surface area contributed by atoms with Crippen LogP contribution in [0.1, 0.15) is 47.2 Å². The van der Waals surface area contributed by atoms with Crippen LogP contribution in [0.4, 0.5) is 0 Å². The van der Waals surface area contributed by atoms with Gasteiger partial charge in [0.15, 0.2) is 0 Å². The molecule has 3 aliphatic carbocycles. The molecule has 0 aromatic heterocycles. The van der Waals surface area contributed by atoms with Gasteiger partial charge < -0.3 is 0 Å². The molecule has 0 saturated carbocycles. The molecule has 0 aliphatic heterocycles. The Morgan fingerprint density at radius 1 is 0.222 bits per heavy atom. The van der Waals surface area contributed by atoms with E-state index in [-0.39, 0.29) is 5.41 Å². The lowest BCUT2D eigenvalue weighted by molar-refractivity contribution is 0.660. The lowest BCUT2D eigenvalue weighted by atomic mass is 9.68. The maximum absolute atomic E-state index is 2.57. The zero-order chi connectivity index (χ0) is 47.5. The first-order valence-electron chi connectivity index (χ1n) is 25.5. The molecule has 72 heavy (non-hydrogen) atoms. The molecule has 0 amide bonds. The van der Waals surface area contributed by atoms with Crippen molar-refractivity contribution in [3.05, 3.63) is 276 Å². The molecule has 0 unspecified atom stereocenters. The van der Waals surface area contributed by atoms with E-state index in [4.69, 9.17) is 0 Å². The first-order valence-corrected chi connectivity index (χ1v) is 25.5. The Hall–Kier alpha value is -8.84. The normalized spacial score (nSPS) is 14.2. The van der Waals surface area contributed by atoms with Gasteiger partial charge in [0.1, 0.15) is 0 Å². The topological polar surface area (TPSA) is 0 Å². The van der Waals surface area contributed by atoms with E-state index in [0.717, 1.165) is 0 Å². The maximum atomic E-state index is 2.57. The number of benzene rings is 13. The summed E-state index contributed by atoms with van der Waals surface area (Å²) in [6, 6.07) is 92.4. The second kappa shape index (κ2) is 14.4. The summed E-state index contributed by atoms with van der Waals surface area (Å²) in [4.78, 5) is 0. The molecule has 1 spiro atoms. The van der Waals surface area contributed by atoms with Crippen LogP contribution in [0, 0.1) is 0 Å². The minimum Gasteiger partial charge on any atom is -0.0619 e. The molecule has 13 aromatic carbocycles. The second-order valence-electron chi connectivity index (χ2n) is 20.9. The number of hydrogen-bond acceptors (Lipinski definition) is 0. The van der Waals surface area contributed by atoms with Gasteiger partial charge in [0, 0.05) is 5.41 Å². The molecule has 0 fully saturated rings. The van der Waals surface area contributed by atoms with Crippen LogP contribution in [-0.2, 0) is 10.8 Å². The van der Waals surface area contributed by atoms with Gasteiger partial charge in [-0.2, -0.15) is 0 Å². The molecule has 334 valence electrons. The first-order chi connectivity index (χ1) is 35.5. The zero-order valence-electron chi connectivity index (χ0n) is 40.1. The van der Waals surface area contributed by atoms with E-state index in [1.165, 1.54) is 154 Å². The molecule has 0 atom stereocenters. The van der Waals surface area contributed by atoms with E-state index >= 15 is 0 Å². The summed E-state index contributed by atoms with van der Waals surface area (Å²) in [5, 5.41) is 12.8. The quantitative estimate of drug-likeness (QED) is 0.122. The number of fused-ring (bicyclic) bond motifs is 22. The van der Waals surface area contributed by atoms with Crippen LogP contribution in [0.3, 0.4) is 0 Å². The van der Waals surface area contributed by atoms with Gasteiger partial charge in [-0.15, -0.1) is 0 Å². The fourth-order valence-electron chi connectivity index (χ4n) is 14.4. The zero-order valence-corrected chi connectivity index (χ0v) is 40.1. The van der Waals surface area contributed by atoms with Gasteiger partial charge in [0.25, 0.3) is 0 Å². The van der Waals surface area contributed by atoms with Gasteiger partial charge in [-0.1, -0.05) is 238 Å². The molecule has 13 aromatic rings. The molecule has 0 nitrogen and oxygen atoms in total. The van der Waals surface area contributed by atoms with E-state index in [1.54, 1.807) is 0 Å². The fraction of sp³-hybridized carbons (Fsp3) is 0.0556. The highest BCUT2D eigenvalue weighted by molar-refractivity contribution is 6.24. The maximum Gasteiger partial charge on any atom is 0.0737 e. The first kappa shape index (κ1) is 39.9. The summed E-state index contributed by atoms with van der Waals surface area (Å²) in [6.07, 6.45) is 0. The van der Waals surface area contributed by atoms with Crippen molar-refractivity contribution in [1.82, 2.24) is 0 Å². The SMILES string of the molecule is CC1(C)c2ccccc2-c2ccc(-c3c4ccccc4c(-c4cccc(-c5cc6c(c7ccccc57)C5(c7ccccc7-c7ccccc75)c5c-6c6ccccc6c6ccccc56)c4)c4ccccc34)cc21. The Morgan fingerprint density at radius 3 is 1.21 bits per heavy atom. The van der Waals surface area contributed by atoms with Crippen LogP contribution in [-0.4, -0.2) is 0 Å². The Morgan fingerprint density at radius 2 is 0.625 bits per heavy atom. The molecule has 0 heteroatoms. The molecule has 0 saturated heterocycles. The van der Waals surface area contributed by atoms with Crippen LogP contribution in [0.5, 0.6) is 0 Å². The van der Waals surface area contributed by atoms with E-state index in [0.29, 0.717) is 0 Å². The summed E-state index contributed by atoms with van der Waals surface area (Å²) >= 11 is 0. The van der Waals surface area contributed by atoms with Crippen molar-refractivity contribution in [1.29, 1.82) is 0 Å². The van der Waals surface area contributed by atoms with Gasteiger partial charge in [0.2, 0.25) is 0 Å². The summed E-state index contributed by atoms with van der Waals surface area (Å²) in [6.45, 7) is 4.76. The van der Waals surface area contributed by atoms with Crippen molar-refractivity contribution in [3.8, 4) is 66.8 Å². The van der Waals surface area contributed by atoms with Crippen molar-refractivity contribution in [2.75, 3.05) is 0 Å². The van der Waals surface area contributed by atoms with Gasteiger partial charge in [-0.05, 0) is 172 Å². The molecule has 0 bridgehead atoms. The third-order valence-electron chi connectivity index (χ3n) is 17.2. The van der Waals surface area contributed by atoms with Gasteiger partial charge in [-0.3, -0.25) is 0 Å². The van der Waals surface area contributed by atoms with Crippen molar-refractivity contribution < 1.29 is 0 Å². The summed E-state index contributed by atoms with van der Waals surface area (Å²) in [5.74, 6) is 0. The van der Waals surface area contributed by atoms with E-state index in [2.05, 4.69) is 257 Å². The summed E-state index contributed by atoms with van der Waals surface area (Å²) in [7, 11) is 0. The average Bonchev–Trinajstić information content (AvgIpc) is 4.01. The van der Waals surface area contributed by atoms with Crippen molar-refractivity contribution in [3.63, 3.8) is 0 Å². The Balaban J connectivity index is 0.964. The van der Waals surface area contributed by atoms with Crippen LogP contribution < -0.4 is 0 Å². The average molecular weight is 911 g/mol. The van der Waals surface area contributed by atoms with Crippen molar-refractivity contribution in [2.24, 2.45) is 0 Å². The van der Waals surface area contributed by atoms with Crippen LogP contribution in [0.15, 0.2) is 243 Å². The highest BCUT2D eigenvalue weighted by Crippen LogP contribution is 2.67. The van der Waals surface area contributed by atoms with Gasteiger partial charge in [0.05, 0.1) is 5.41 Å². The molecule has 3 aliphatic rings. The minimum atomic E-state index is -0.528. The minimum absolute atomic E-state index is 0.0920. The number of rotatable bonds is 3. The smallest absolute Gasteiger partial charge is 0.0619 e. The third-order valence-corrected chi connectivity index (χ3v) is 17.2. The molecule has 0 heterocycles. The predicted octanol–water partition coefficient (Wildman–Crippen LogP) is 19.1. The standard InChI is InChI=1S/C72H46/c1-71(2)62-35-16-13-25-49(62)52-39-38-45(41-65(52)71)67-56-31-9-7-29-54(56)66(55-30-8-10-32-57(55)67)44-21-19-20-43(40-44)60-42-61-68-53-28-6-3-22-46(53)47-23-4-12-34-59(47)70(68)72(69(61)58-33-11-5-24-48(58)60)63-36-17-14-26-50(63)51-27-15-18-37-64(51)72/h3-42H,1-2H3. The van der Waals surface area contributed by atoms with E-state index in [9.17, 15) is 0 Å². The molecule has 0 radical (unpaired) electrons. The summed E-state index contributed by atoms with van der Waals surface area (Å²) < 4.78 is 0. The lowest BCUT2D eigenvalue weighted by Gasteiger charge is -2.33. The largest absolute Gasteiger partial charge is 0.0737 e. The summed E-state index contributed by atoms with van der Waals surface area (Å²) in [5.41, 5.74) is 23.2. The highest BCUT2D eigenvalue weighted by Gasteiger charge is 2.54. The lowest BCUT2D eigenvalue weighted by Crippen LogP contribution is -2.26. The third kappa shape index (κ3) is 5.01. The Bertz CT molecular complexity index is 4440. The van der Waals surface area contributed by atoms with Crippen LogP contribution in [0.2, 0.25) is 0 Å². The van der Waals surface area contributed by atoms with E-state index in [1.807, 2.05) is 0 Å². The predicted molar refractivity (Wildman–Crippen MR) is 304 cm³/mol. The highest BCUT2D eigenvalue weighted by atomic mass is 14.5. The molecular weight excluding hydrogens is 865 g/mol. The van der Waals surface area contributed by atoms with Gasteiger partial charge in [-0.25, -0.2) is 0 Å². The van der Waals surface area contributed by atoms with Gasteiger partial charge >= 0.3 is 0 Å². The Kier molecular flexibility index (Phi) is 7.98. The molecule has 0 N–H and O–H groups in total.